The number of anilines is 1. The molecule has 0 radical (unpaired) electrons. The Morgan fingerprint density at radius 1 is 1.06 bits per heavy atom. The van der Waals surface area contributed by atoms with Gasteiger partial charge in [-0.3, -0.25) is 9.59 Å². The second kappa shape index (κ2) is 10.7. The minimum atomic E-state index is -0.203. The summed E-state index contributed by atoms with van der Waals surface area (Å²) in [7, 11) is 3.34. The van der Waals surface area contributed by atoms with E-state index in [-0.39, 0.29) is 31.5 Å². The Kier molecular flexibility index (Phi) is 7.78. The van der Waals surface area contributed by atoms with Crippen LogP contribution in [0, 0.1) is 6.92 Å². The summed E-state index contributed by atoms with van der Waals surface area (Å²) in [6, 6.07) is 16.6. The molecule has 3 aromatic rings. The van der Waals surface area contributed by atoms with Crippen LogP contribution in [0.25, 0.3) is 11.3 Å². The maximum absolute atomic E-state index is 12.3. The fraction of sp³-hybridized carbons (Fsp3) is 0.250. The van der Waals surface area contributed by atoms with Crippen LogP contribution in [0.5, 0.6) is 5.75 Å². The van der Waals surface area contributed by atoms with Crippen LogP contribution in [0.3, 0.4) is 0 Å². The lowest BCUT2D eigenvalue weighted by Crippen LogP contribution is -2.30. The van der Waals surface area contributed by atoms with Crippen molar-refractivity contribution in [2.75, 3.05) is 32.6 Å². The van der Waals surface area contributed by atoms with Crippen LogP contribution in [-0.2, 0) is 16.1 Å². The Bertz CT molecular complexity index is 1080. The molecule has 0 saturated heterocycles. The number of amides is 2. The van der Waals surface area contributed by atoms with Gasteiger partial charge in [-0.1, -0.05) is 17.7 Å². The van der Waals surface area contributed by atoms with E-state index in [1.165, 1.54) is 4.90 Å². The number of likely N-dealkylation sites (N-methyl/N-ethyl adjacent to an activating group) is 1. The number of carbonyl (C=O) groups excluding carboxylic acids is 2. The molecule has 168 valence electrons. The van der Waals surface area contributed by atoms with Gasteiger partial charge in [0.2, 0.25) is 5.91 Å². The largest absolute Gasteiger partial charge is 0.482 e. The number of hydrogen-bond acceptors (Lipinski definition) is 5. The lowest BCUT2D eigenvalue weighted by molar-refractivity contribution is -0.130. The van der Waals surface area contributed by atoms with Crippen molar-refractivity contribution in [2.24, 2.45) is 0 Å². The number of halogens is 1. The predicted molar refractivity (Wildman–Crippen MR) is 125 cm³/mol. The van der Waals surface area contributed by atoms with Gasteiger partial charge in [0, 0.05) is 24.7 Å². The number of nitrogens with zero attached hydrogens (tertiary/aromatic N) is 1. The zero-order valence-electron chi connectivity index (χ0n) is 18.3. The Morgan fingerprint density at radius 3 is 2.53 bits per heavy atom. The van der Waals surface area contributed by atoms with Crippen LogP contribution < -0.4 is 15.4 Å². The standard InChI is InChI=1S/C24H26ClN3O4/c1-16-4-10-20(22(12-16)31-15-24(30)28(2)3)26-14-23(29)27-13-19-9-11-21(32-19)17-5-7-18(25)8-6-17/h4-12,26H,13-15H2,1-3H3,(H,27,29). The highest BCUT2D eigenvalue weighted by Gasteiger charge is 2.11. The summed E-state index contributed by atoms with van der Waals surface area (Å²) in [5.41, 5.74) is 2.54. The van der Waals surface area contributed by atoms with Crippen LogP contribution in [0.2, 0.25) is 5.02 Å². The van der Waals surface area contributed by atoms with Crippen molar-refractivity contribution in [3.8, 4) is 17.1 Å². The molecule has 1 aromatic heterocycles. The Hall–Kier alpha value is -3.45. The lowest BCUT2D eigenvalue weighted by atomic mass is 10.2. The van der Waals surface area contributed by atoms with Crippen molar-refractivity contribution in [1.29, 1.82) is 0 Å². The van der Waals surface area contributed by atoms with E-state index in [1.54, 1.807) is 26.2 Å². The third kappa shape index (κ3) is 6.52. The first-order valence-electron chi connectivity index (χ1n) is 10.1. The van der Waals surface area contributed by atoms with Gasteiger partial charge in [0.1, 0.15) is 17.3 Å². The molecular weight excluding hydrogens is 430 g/mol. The van der Waals surface area contributed by atoms with Gasteiger partial charge >= 0.3 is 0 Å². The SMILES string of the molecule is Cc1ccc(NCC(=O)NCc2ccc(-c3ccc(Cl)cc3)o2)c(OCC(=O)N(C)C)c1. The summed E-state index contributed by atoms with van der Waals surface area (Å²) in [6.07, 6.45) is 0. The van der Waals surface area contributed by atoms with Gasteiger partial charge in [0.05, 0.1) is 18.8 Å². The van der Waals surface area contributed by atoms with E-state index >= 15 is 0 Å². The summed E-state index contributed by atoms with van der Waals surface area (Å²) >= 11 is 5.92. The van der Waals surface area contributed by atoms with Gasteiger partial charge in [-0.05, 0) is 61.0 Å². The number of carbonyl (C=O) groups is 2. The molecule has 0 unspecified atom stereocenters. The van der Waals surface area contributed by atoms with Crippen molar-refractivity contribution in [2.45, 2.75) is 13.5 Å². The van der Waals surface area contributed by atoms with Gasteiger partial charge < -0.3 is 24.7 Å². The number of hydrogen-bond donors (Lipinski definition) is 2. The first-order valence-corrected chi connectivity index (χ1v) is 10.5. The average molecular weight is 456 g/mol. The Balaban J connectivity index is 1.52. The van der Waals surface area contributed by atoms with Crippen molar-refractivity contribution >= 4 is 29.1 Å². The molecule has 0 aliphatic rings. The molecule has 32 heavy (non-hydrogen) atoms. The van der Waals surface area contributed by atoms with Crippen LogP contribution >= 0.6 is 11.6 Å². The summed E-state index contributed by atoms with van der Waals surface area (Å²) in [5.74, 6) is 1.52. The second-order valence-corrected chi connectivity index (χ2v) is 7.92. The van der Waals surface area contributed by atoms with Crippen molar-refractivity contribution < 1.29 is 18.7 Å². The summed E-state index contributed by atoms with van der Waals surface area (Å²) in [4.78, 5) is 25.6. The van der Waals surface area contributed by atoms with Gasteiger partial charge in [-0.15, -0.1) is 0 Å². The second-order valence-electron chi connectivity index (χ2n) is 7.48. The molecule has 7 nitrogen and oxygen atoms in total. The van der Waals surface area contributed by atoms with Crippen LogP contribution in [0.4, 0.5) is 5.69 Å². The van der Waals surface area contributed by atoms with E-state index in [4.69, 9.17) is 20.8 Å². The Morgan fingerprint density at radius 2 is 1.81 bits per heavy atom. The zero-order valence-corrected chi connectivity index (χ0v) is 19.0. The molecule has 0 saturated carbocycles. The fourth-order valence-corrected chi connectivity index (χ4v) is 2.96. The fourth-order valence-electron chi connectivity index (χ4n) is 2.83. The minimum absolute atomic E-state index is 0.0474. The molecule has 0 aliphatic heterocycles. The van der Waals surface area contributed by atoms with Crippen LogP contribution in [0.1, 0.15) is 11.3 Å². The van der Waals surface area contributed by atoms with E-state index in [1.807, 2.05) is 49.4 Å². The van der Waals surface area contributed by atoms with Gasteiger partial charge in [-0.2, -0.15) is 0 Å². The number of rotatable bonds is 9. The molecule has 2 N–H and O–H groups in total. The monoisotopic (exact) mass is 455 g/mol. The first-order chi connectivity index (χ1) is 15.3. The summed E-state index contributed by atoms with van der Waals surface area (Å²) < 4.78 is 11.4. The van der Waals surface area contributed by atoms with E-state index in [0.717, 1.165) is 11.1 Å². The van der Waals surface area contributed by atoms with E-state index < -0.39 is 0 Å². The Labute approximate surface area is 192 Å². The molecule has 0 fully saturated rings. The molecule has 0 spiro atoms. The van der Waals surface area contributed by atoms with Crippen molar-refractivity contribution in [1.82, 2.24) is 10.2 Å². The lowest BCUT2D eigenvalue weighted by Gasteiger charge is -2.15. The van der Waals surface area contributed by atoms with Gasteiger partial charge in [0.15, 0.2) is 6.61 Å². The summed E-state index contributed by atoms with van der Waals surface area (Å²) in [5, 5.41) is 6.54. The van der Waals surface area contributed by atoms with Crippen molar-refractivity contribution in [3.63, 3.8) is 0 Å². The van der Waals surface area contributed by atoms with E-state index in [0.29, 0.717) is 28.0 Å². The highest BCUT2D eigenvalue weighted by Crippen LogP contribution is 2.26. The van der Waals surface area contributed by atoms with Crippen molar-refractivity contribution in [3.05, 3.63) is 70.9 Å². The number of ether oxygens (including phenoxy) is 1. The highest BCUT2D eigenvalue weighted by atomic mass is 35.5. The number of aryl methyl sites for hydroxylation is 1. The van der Waals surface area contributed by atoms with Crippen LogP contribution in [0.15, 0.2) is 59.0 Å². The molecule has 0 bridgehead atoms. The van der Waals surface area contributed by atoms with Gasteiger partial charge in [-0.25, -0.2) is 0 Å². The normalized spacial score (nSPS) is 10.5. The minimum Gasteiger partial charge on any atom is -0.482 e. The molecule has 0 atom stereocenters. The maximum atomic E-state index is 12.3. The molecule has 3 rings (SSSR count). The molecule has 2 aromatic carbocycles. The molecule has 0 aliphatic carbocycles. The van der Waals surface area contributed by atoms with Gasteiger partial charge in [0.25, 0.3) is 5.91 Å². The number of furan rings is 1. The van der Waals surface area contributed by atoms with E-state index in [2.05, 4.69) is 10.6 Å². The predicted octanol–water partition coefficient (Wildman–Crippen LogP) is 4.10. The number of nitrogens with one attached hydrogen (secondary N) is 2. The quantitative estimate of drug-likeness (QED) is 0.507. The summed E-state index contributed by atoms with van der Waals surface area (Å²) in [6.45, 7) is 2.17. The first kappa shape index (κ1) is 23.2. The molecule has 8 heteroatoms. The number of benzene rings is 2. The third-order valence-electron chi connectivity index (χ3n) is 4.68. The van der Waals surface area contributed by atoms with Crippen LogP contribution in [-0.4, -0.2) is 44.0 Å². The third-order valence-corrected chi connectivity index (χ3v) is 4.93. The average Bonchev–Trinajstić information content (AvgIpc) is 3.24. The molecule has 1 heterocycles. The molecule has 2 amide bonds. The maximum Gasteiger partial charge on any atom is 0.259 e. The van der Waals surface area contributed by atoms with E-state index in [9.17, 15) is 9.59 Å². The molecular formula is C24H26ClN3O4. The smallest absolute Gasteiger partial charge is 0.259 e. The highest BCUT2D eigenvalue weighted by molar-refractivity contribution is 6.30. The zero-order chi connectivity index (χ0) is 23.1. The topological polar surface area (TPSA) is 83.8 Å².